The molecule has 1 amide bonds. The van der Waals surface area contributed by atoms with E-state index in [2.05, 4.69) is 4.98 Å². The second kappa shape index (κ2) is 7.35. The van der Waals surface area contributed by atoms with E-state index in [4.69, 9.17) is 10.5 Å². The second-order valence-electron chi connectivity index (χ2n) is 4.37. The zero-order valence-corrected chi connectivity index (χ0v) is 11.7. The predicted molar refractivity (Wildman–Crippen MR) is 76.0 cm³/mol. The number of amides is 1. The van der Waals surface area contributed by atoms with Crippen LogP contribution in [0.3, 0.4) is 0 Å². The number of aromatic nitrogens is 1. The van der Waals surface area contributed by atoms with Crippen LogP contribution in [-0.4, -0.2) is 47.8 Å². The van der Waals surface area contributed by atoms with Crippen LogP contribution in [-0.2, 0) is 9.53 Å². The van der Waals surface area contributed by atoms with E-state index in [1.54, 1.807) is 18.0 Å². The largest absolute Gasteiger partial charge is 0.397 e. The quantitative estimate of drug-likeness (QED) is 0.652. The number of ether oxygens (including phenoxy) is 1. The number of pyridine rings is 1. The van der Waals surface area contributed by atoms with Crippen molar-refractivity contribution >= 4 is 23.4 Å². The Balaban J connectivity index is 1.63. The molecule has 104 valence electrons. The number of thioether (sulfide) groups is 1. The fourth-order valence-corrected chi connectivity index (χ4v) is 2.64. The Bertz CT molecular complexity index is 405. The molecule has 1 aliphatic heterocycles. The van der Waals surface area contributed by atoms with E-state index in [1.807, 2.05) is 17.0 Å². The lowest BCUT2D eigenvalue weighted by atomic mass is 10.3. The van der Waals surface area contributed by atoms with E-state index in [0.717, 1.165) is 30.3 Å². The highest BCUT2D eigenvalue weighted by molar-refractivity contribution is 7.99. The van der Waals surface area contributed by atoms with Crippen molar-refractivity contribution < 1.29 is 9.53 Å². The highest BCUT2D eigenvalue weighted by Crippen LogP contribution is 2.17. The molecule has 0 aliphatic carbocycles. The average Bonchev–Trinajstić information content (AvgIpc) is 2.46. The van der Waals surface area contributed by atoms with Gasteiger partial charge in [-0.2, -0.15) is 0 Å². The third kappa shape index (κ3) is 4.72. The molecule has 0 unspecified atom stereocenters. The van der Waals surface area contributed by atoms with Gasteiger partial charge in [-0.1, -0.05) is 0 Å². The van der Waals surface area contributed by atoms with Crippen LogP contribution in [0.4, 0.5) is 5.69 Å². The number of nitrogens with two attached hydrogens (primary N) is 1. The van der Waals surface area contributed by atoms with Gasteiger partial charge >= 0.3 is 0 Å². The van der Waals surface area contributed by atoms with Crippen LogP contribution in [0, 0.1) is 0 Å². The minimum absolute atomic E-state index is 0.231. The van der Waals surface area contributed by atoms with Crippen LogP contribution < -0.4 is 5.73 Å². The van der Waals surface area contributed by atoms with E-state index in [9.17, 15) is 4.79 Å². The number of anilines is 1. The molecule has 19 heavy (non-hydrogen) atoms. The molecule has 6 heteroatoms. The molecule has 2 heterocycles. The zero-order valence-electron chi connectivity index (χ0n) is 10.9. The van der Waals surface area contributed by atoms with Gasteiger partial charge in [0.25, 0.3) is 0 Å². The summed E-state index contributed by atoms with van der Waals surface area (Å²) >= 11 is 1.66. The molecule has 1 saturated heterocycles. The van der Waals surface area contributed by atoms with E-state index in [-0.39, 0.29) is 5.91 Å². The number of nitrogen functional groups attached to an aromatic ring is 1. The first kappa shape index (κ1) is 14.1. The molecule has 0 aromatic carbocycles. The molecular formula is C13H19N3O2S. The molecule has 0 spiro atoms. The summed E-state index contributed by atoms with van der Waals surface area (Å²) in [4.78, 5) is 18.0. The van der Waals surface area contributed by atoms with Crippen LogP contribution in [0.15, 0.2) is 23.4 Å². The SMILES string of the molecule is Nc1ccc(SCCCC(=O)N2CCOCC2)nc1. The average molecular weight is 281 g/mol. The van der Waals surface area contributed by atoms with Crippen LogP contribution in [0.2, 0.25) is 0 Å². The number of hydrogen-bond donors (Lipinski definition) is 1. The molecule has 0 radical (unpaired) electrons. The van der Waals surface area contributed by atoms with Gasteiger partial charge in [-0.3, -0.25) is 4.79 Å². The number of morpholine rings is 1. The topological polar surface area (TPSA) is 68.5 Å². The minimum atomic E-state index is 0.231. The molecular weight excluding hydrogens is 262 g/mol. The Labute approximate surface area is 117 Å². The molecule has 1 aliphatic rings. The Kier molecular flexibility index (Phi) is 5.47. The molecule has 5 nitrogen and oxygen atoms in total. The van der Waals surface area contributed by atoms with Crippen molar-refractivity contribution in [3.05, 3.63) is 18.3 Å². The van der Waals surface area contributed by atoms with E-state index in [0.29, 0.717) is 25.3 Å². The van der Waals surface area contributed by atoms with E-state index in [1.165, 1.54) is 0 Å². The maximum absolute atomic E-state index is 11.9. The normalized spacial score (nSPS) is 15.5. The lowest BCUT2D eigenvalue weighted by Gasteiger charge is -2.26. The lowest BCUT2D eigenvalue weighted by molar-refractivity contribution is -0.135. The van der Waals surface area contributed by atoms with Crippen molar-refractivity contribution in [2.75, 3.05) is 37.8 Å². The van der Waals surface area contributed by atoms with E-state index < -0.39 is 0 Å². The molecule has 1 aromatic heterocycles. The number of carbonyl (C=O) groups excluding carboxylic acids is 1. The third-order valence-electron chi connectivity index (χ3n) is 2.91. The standard InChI is InChI=1S/C13H19N3O2S/c14-11-3-4-12(15-10-11)19-9-1-2-13(17)16-5-7-18-8-6-16/h3-4,10H,1-2,5-9,14H2. The van der Waals surface area contributed by atoms with Gasteiger partial charge in [0.1, 0.15) is 0 Å². The summed E-state index contributed by atoms with van der Waals surface area (Å²) in [6, 6.07) is 3.75. The van der Waals surface area contributed by atoms with E-state index >= 15 is 0 Å². The Morgan fingerprint density at radius 3 is 2.89 bits per heavy atom. The first-order valence-electron chi connectivity index (χ1n) is 6.45. The van der Waals surface area contributed by atoms with Gasteiger partial charge in [0, 0.05) is 19.5 Å². The lowest BCUT2D eigenvalue weighted by Crippen LogP contribution is -2.40. The minimum Gasteiger partial charge on any atom is -0.397 e. The molecule has 1 fully saturated rings. The second-order valence-corrected chi connectivity index (χ2v) is 5.49. The van der Waals surface area contributed by atoms with Crippen molar-refractivity contribution in [2.24, 2.45) is 0 Å². The number of carbonyl (C=O) groups is 1. The van der Waals surface area contributed by atoms with Gasteiger partial charge in [0.15, 0.2) is 0 Å². The molecule has 0 saturated carbocycles. The Hall–Kier alpha value is -1.27. The predicted octanol–water partition coefficient (Wildman–Crippen LogP) is 1.39. The summed E-state index contributed by atoms with van der Waals surface area (Å²) < 4.78 is 5.23. The van der Waals surface area contributed by atoms with Crippen molar-refractivity contribution in [1.29, 1.82) is 0 Å². The van der Waals surface area contributed by atoms with Gasteiger partial charge in [0.05, 0.1) is 30.1 Å². The van der Waals surface area contributed by atoms with Crippen LogP contribution in [0.5, 0.6) is 0 Å². The molecule has 2 N–H and O–H groups in total. The first-order valence-corrected chi connectivity index (χ1v) is 7.44. The summed E-state index contributed by atoms with van der Waals surface area (Å²) in [5.74, 6) is 1.13. The van der Waals surface area contributed by atoms with Crippen molar-refractivity contribution in [3.63, 3.8) is 0 Å². The molecule has 0 atom stereocenters. The van der Waals surface area contributed by atoms with Crippen LogP contribution in [0.25, 0.3) is 0 Å². The Morgan fingerprint density at radius 1 is 1.42 bits per heavy atom. The third-order valence-corrected chi connectivity index (χ3v) is 3.94. The van der Waals surface area contributed by atoms with Gasteiger partial charge in [-0.05, 0) is 24.3 Å². The molecule has 1 aromatic rings. The summed E-state index contributed by atoms with van der Waals surface area (Å²) in [5, 5.41) is 0.952. The first-order chi connectivity index (χ1) is 9.25. The summed E-state index contributed by atoms with van der Waals surface area (Å²) in [5.41, 5.74) is 6.24. The van der Waals surface area contributed by atoms with Gasteiger partial charge in [0.2, 0.25) is 5.91 Å². The zero-order chi connectivity index (χ0) is 13.5. The smallest absolute Gasteiger partial charge is 0.222 e. The molecule has 0 bridgehead atoms. The highest BCUT2D eigenvalue weighted by atomic mass is 32.2. The number of rotatable bonds is 5. The van der Waals surface area contributed by atoms with Gasteiger partial charge < -0.3 is 15.4 Å². The van der Waals surface area contributed by atoms with Crippen molar-refractivity contribution in [1.82, 2.24) is 9.88 Å². The summed E-state index contributed by atoms with van der Waals surface area (Å²) in [6.45, 7) is 2.78. The maximum Gasteiger partial charge on any atom is 0.222 e. The fourth-order valence-electron chi connectivity index (χ4n) is 1.85. The Morgan fingerprint density at radius 2 is 2.21 bits per heavy atom. The fraction of sp³-hybridized carbons (Fsp3) is 0.538. The van der Waals surface area contributed by atoms with Gasteiger partial charge in [-0.15, -0.1) is 11.8 Å². The maximum atomic E-state index is 11.9. The highest BCUT2D eigenvalue weighted by Gasteiger charge is 2.15. The number of nitrogens with zero attached hydrogens (tertiary/aromatic N) is 2. The van der Waals surface area contributed by atoms with Gasteiger partial charge in [-0.25, -0.2) is 4.98 Å². The van der Waals surface area contributed by atoms with Crippen LogP contribution in [0.1, 0.15) is 12.8 Å². The monoisotopic (exact) mass is 281 g/mol. The van der Waals surface area contributed by atoms with Crippen molar-refractivity contribution in [3.8, 4) is 0 Å². The van der Waals surface area contributed by atoms with Crippen molar-refractivity contribution in [2.45, 2.75) is 17.9 Å². The number of hydrogen-bond acceptors (Lipinski definition) is 5. The summed E-state index contributed by atoms with van der Waals surface area (Å²) in [6.07, 6.45) is 3.12. The summed E-state index contributed by atoms with van der Waals surface area (Å²) in [7, 11) is 0. The molecule has 2 rings (SSSR count). The van der Waals surface area contributed by atoms with Crippen LogP contribution >= 0.6 is 11.8 Å².